The van der Waals surface area contributed by atoms with Crippen LogP contribution in [-0.4, -0.2) is 15.8 Å². The normalized spacial score (nSPS) is 19.5. The molecule has 0 spiro atoms. The maximum absolute atomic E-state index is 6.10. The van der Waals surface area contributed by atoms with Gasteiger partial charge in [0.15, 0.2) is 5.15 Å². The molecule has 1 heterocycles. The summed E-state index contributed by atoms with van der Waals surface area (Å²) in [5.74, 6) is 0. The van der Waals surface area contributed by atoms with Gasteiger partial charge >= 0.3 is 0 Å². The van der Waals surface area contributed by atoms with E-state index in [0.29, 0.717) is 5.15 Å². The van der Waals surface area contributed by atoms with Crippen molar-refractivity contribution in [2.45, 2.75) is 31.2 Å². The Hall–Kier alpha value is -1.06. The first-order valence-corrected chi connectivity index (χ1v) is 6.31. The van der Waals surface area contributed by atoms with Crippen molar-refractivity contribution in [3.05, 3.63) is 28.9 Å². The first kappa shape index (κ1) is 11.1. The van der Waals surface area contributed by atoms with Crippen LogP contribution in [0, 0.1) is 0 Å². The Morgan fingerprint density at radius 2 is 2.18 bits per heavy atom. The summed E-state index contributed by atoms with van der Waals surface area (Å²) in [7, 11) is 1.92. The summed E-state index contributed by atoms with van der Waals surface area (Å²) < 4.78 is 1.83. The molecule has 3 rings (SSSR count). The van der Waals surface area contributed by atoms with E-state index >= 15 is 0 Å². The molecular formula is C13H16ClN3. The quantitative estimate of drug-likeness (QED) is 0.889. The second kappa shape index (κ2) is 3.47. The highest BCUT2D eigenvalue weighted by Gasteiger charge is 2.47. The van der Waals surface area contributed by atoms with E-state index in [-0.39, 0.29) is 11.5 Å². The smallest absolute Gasteiger partial charge is 0.158 e. The Labute approximate surface area is 106 Å². The Kier molecular flexibility index (Phi) is 2.25. The van der Waals surface area contributed by atoms with E-state index in [0.717, 1.165) is 10.9 Å². The number of rotatable bonds is 2. The number of hydrogen-bond donors (Lipinski definition) is 1. The fourth-order valence-corrected chi connectivity index (χ4v) is 2.94. The molecule has 17 heavy (non-hydrogen) atoms. The molecule has 0 amide bonds. The van der Waals surface area contributed by atoms with Gasteiger partial charge in [-0.15, -0.1) is 0 Å². The van der Waals surface area contributed by atoms with E-state index in [1.807, 2.05) is 11.7 Å². The molecular weight excluding hydrogens is 234 g/mol. The third-order valence-electron chi connectivity index (χ3n) is 4.04. The van der Waals surface area contributed by atoms with Gasteiger partial charge in [0, 0.05) is 23.9 Å². The van der Waals surface area contributed by atoms with E-state index in [4.69, 9.17) is 17.3 Å². The Balaban J connectivity index is 2.17. The summed E-state index contributed by atoms with van der Waals surface area (Å²) >= 11 is 6.07. The van der Waals surface area contributed by atoms with E-state index in [2.05, 4.69) is 30.2 Å². The molecule has 1 aromatic heterocycles. The van der Waals surface area contributed by atoms with Gasteiger partial charge in [0.25, 0.3) is 0 Å². The molecule has 3 nitrogen and oxygen atoms in total. The molecule has 0 saturated heterocycles. The first-order valence-electron chi connectivity index (χ1n) is 5.93. The minimum atomic E-state index is 0.185. The van der Waals surface area contributed by atoms with Crippen molar-refractivity contribution in [3.8, 4) is 0 Å². The monoisotopic (exact) mass is 249 g/mol. The maximum atomic E-state index is 6.10. The number of fused-ring (bicyclic) bond motifs is 1. The van der Waals surface area contributed by atoms with Gasteiger partial charge in [-0.05, 0) is 37.5 Å². The van der Waals surface area contributed by atoms with Crippen LogP contribution < -0.4 is 5.73 Å². The van der Waals surface area contributed by atoms with Crippen LogP contribution in [0.5, 0.6) is 0 Å². The number of halogens is 1. The highest BCUT2D eigenvalue weighted by Crippen LogP contribution is 2.50. The van der Waals surface area contributed by atoms with Crippen molar-refractivity contribution >= 4 is 22.5 Å². The largest absolute Gasteiger partial charge is 0.327 e. The predicted octanol–water partition coefficient (Wildman–Crippen LogP) is 2.61. The molecule has 2 aromatic rings. The van der Waals surface area contributed by atoms with E-state index in [9.17, 15) is 0 Å². The van der Waals surface area contributed by atoms with Crippen LogP contribution in [0.3, 0.4) is 0 Å². The number of nitrogens with zero attached hydrogens (tertiary/aromatic N) is 2. The predicted molar refractivity (Wildman–Crippen MR) is 70.3 cm³/mol. The van der Waals surface area contributed by atoms with Crippen molar-refractivity contribution < 1.29 is 0 Å². The molecule has 1 saturated carbocycles. The van der Waals surface area contributed by atoms with Gasteiger partial charge in [0.1, 0.15) is 0 Å². The molecule has 90 valence electrons. The number of aromatic nitrogens is 2. The summed E-state index contributed by atoms with van der Waals surface area (Å²) in [5, 5.41) is 5.81. The third-order valence-corrected chi connectivity index (χ3v) is 4.32. The topological polar surface area (TPSA) is 43.8 Å². The SMILES string of the molecule is CC(N)C1(c2ccc3c(Cl)nn(C)c3c2)CC1. The van der Waals surface area contributed by atoms with Gasteiger partial charge in [-0.2, -0.15) is 5.10 Å². The average Bonchev–Trinajstić information content (AvgIpc) is 3.04. The summed E-state index contributed by atoms with van der Waals surface area (Å²) in [6, 6.07) is 6.59. The van der Waals surface area contributed by atoms with Crippen molar-refractivity contribution in [2.75, 3.05) is 0 Å². The fraction of sp³-hybridized carbons (Fsp3) is 0.462. The van der Waals surface area contributed by atoms with Gasteiger partial charge in [-0.1, -0.05) is 17.7 Å². The summed E-state index contributed by atoms with van der Waals surface area (Å²) in [5.41, 5.74) is 8.69. The zero-order valence-electron chi connectivity index (χ0n) is 10.1. The lowest BCUT2D eigenvalue weighted by molar-refractivity contribution is 0.557. The number of aryl methyl sites for hydroxylation is 1. The molecule has 1 atom stereocenters. The number of hydrogen-bond acceptors (Lipinski definition) is 2. The zero-order chi connectivity index (χ0) is 12.2. The first-order chi connectivity index (χ1) is 8.04. The number of benzene rings is 1. The summed E-state index contributed by atoms with van der Waals surface area (Å²) in [6.45, 7) is 2.09. The van der Waals surface area contributed by atoms with Gasteiger partial charge < -0.3 is 5.73 Å². The lowest BCUT2D eigenvalue weighted by Gasteiger charge is -2.20. The lowest BCUT2D eigenvalue weighted by atomic mass is 9.89. The molecule has 1 aliphatic carbocycles. The highest BCUT2D eigenvalue weighted by atomic mass is 35.5. The molecule has 0 bridgehead atoms. The van der Waals surface area contributed by atoms with Crippen LogP contribution in [0.2, 0.25) is 5.15 Å². The van der Waals surface area contributed by atoms with Gasteiger partial charge in [0.05, 0.1) is 5.52 Å². The van der Waals surface area contributed by atoms with E-state index in [1.54, 1.807) is 0 Å². The van der Waals surface area contributed by atoms with Crippen LogP contribution >= 0.6 is 11.6 Å². The minimum Gasteiger partial charge on any atom is -0.327 e. The molecule has 0 radical (unpaired) electrons. The summed E-state index contributed by atoms with van der Waals surface area (Å²) in [4.78, 5) is 0. The second-order valence-corrected chi connectivity index (χ2v) is 5.45. The van der Waals surface area contributed by atoms with Gasteiger partial charge in [0.2, 0.25) is 0 Å². The van der Waals surface area contributed by atoms with Crippen molar-refractivity contribution in [1.29, 1.82) is 0 Å². The Bertz CT molecular complexity index is 582. The molecule has 1 fully saturated rings. The molecule has 1 unspecified atom stereocenters. The third kappa shape index (κ3) is 1.49. The van der Waals surface area contributed by atoms with Crippen LogP contribution in [0.15, 0.2) is 18.2 Å². The van der Waals surface area contributed by atoms with Crippen LogP contribution in [0.1, 0.15) is 25.3 Å². The maximum Gasteiger partial charge on any atom is 0.158 e. The molecule has 2 N–H and O–H groups in total. The second-order valence-electron chi connectivity index (χ2n) is 5.09. The lowest BCUT2D eigenvalue weighted by Crippen LogP contribution is -2.31. The standard InChI is InChI=1S/C13H16ClN3/c1-8(15)13(5-6-13)9-3-4-10-11(7-9)17(2)16-12(10)14/h3-4,7-8H,5-6,15H2,1-2H3. The minimum absolute atomic E-state index is 0.185. The molecule has 4 heteroatoms. The van der Waals surface area contributed by atoms with Crippen molar-refractivity contribution in [1.82, 2.24) is 9.78 Å². The van der Waals surface area contributed by atoms with Gasteiger partial charge in [-0.3, -0.25) is 4.68 Å². The van der Waals surface area contributed by atoms with E-state index < -0.39 is 0 Å². The fourth-order valence-electron chi connectivity index (χ4n) is 2.66. The Morgan fingerprint density at radius 1 is 1.47 bits per heavy atom. The zero-order valence-corrected chi connectivity index (χ0v) is 10.8. The van der Waals surface area contributed by atoms with Crippen LogP contribution in [0.4, 0.5) is 0 Å². The van der Waals surface area contributed by atoms with Crippen LogP contribution in [0.25, 0.3) is 10.9 Å². The van der Waals surface area contributed by atoms with Crippen molar-refractivity contribution in [3.63, 3.8) is 0 Å². The summed E-state index contributed by atoms with van der Waals surface area (Å²) in [6.07, 6.45) is 2.36. The molecule has 1 aliphatic rings. The Morgan fingerprint density at radius 3 is 2.76 bits per heavy atom. The van der Waals surface area contributed by atoms with Crippen molar-refractivity contribution in [2.24, 2.45) is 12.8 Å². The highest BCUT2D eigenvalue weighted by molar-refractivity contribution is 6.34. The molecule has 1 aromatic carbocycles. The average molecular weight is 250 g/mol. The van der Waals surface area contributed by atoms with Crippen LogP contribution in [-0.2, 0) is 12.5 Å². The van der Waals surface area contributed by atoms with E-state index in [1.165, 1.54) is 18.4 Å². The molecule has 0 aliphatic heterocycles. The van der Waals surface area contributed by atoms with Gasteiger partial charge in [-0.25, -0.2) is 0 Å². The number of nitrogens with two attached hydrogens (primary N) is 1.